The van der Waals surface area contributed by atoms with E-state index in [9.17, 15) is 0 Å². The fourth-order valence-electron chi connectivity index (χ4n) is 1.41. The van der Waals surface area contributed by atoms with Gasteiger partial charge in [-0.3, -0.25) is 0 Å². The molecule has 1 fully saturated rings. The van der Waals surface area contributed by atoms with Crippen LogP contribution in [-0.4, -0.2) is 26.1 Å². The maximum atomic E-state index is 8.73. The van der Waals surface area contributed by atoms with Gasteiger partial charge >= 0.3 is 0 Å². The molecule has 1 heterocycles. The molecule has 0 bridgehead atoms. The molecular weight excluding hydrogens is 156 g/mol. The highest BCUT2D eigenvalue weighted by molar-refractivity contribution is 4.94. The van der Waals surface area contributed by atoms with Crippen LogP contribution in [0.5, 0.6) is 0 Å². The van der Waals surface area contributed by atoms with E-state index >= 15 is 0 Å². The summed E-state index contributed by atoms with van der Waals surface area (Å²) >= 11 is 0. The van der Waals surface area contributed by atoms with Gasteiger partial charge in [0.1, 0.15) is 5.69 Å². The molecule has 12 heavy (non-hydrogen) atoms. The Balaban J connectivity index is 2.04. The zero-order valence-electron chi connectivity index (χ0n) is 6.72. The number of aliphatic hydroxyl groups is 1. The first-order valence-corrected chi connectivity index (χ1v) is 4.06. The van der Waals surface area contributed by atoms with E-state index in [2.05, 4.69) is 10.3 Å². The van der Waals surface area contributed by atoms with Crippen LogP contribution >= 0.6 is 0 Å². The lowest BCUT2D eigenvalue weighted by Crippen LogP contribution is -2.37. The highest BCUT2D eigenvalue weighted by atomic mass is 16.3. The van der Waals surface area contributed by atoms with Gasteiger partial charge < -0.3 is 10.8 Å². The summed E-state index contributed by atoms with van der Waals surface area (Å²) in [5.41, 5.74) is 6.26. The fourth-order valence-corrected chi connectivity index (χ4v) is 1.41. The van der Waals surface area contributed by atoms with Gasteiger partial charge in [0, 0.05) is 6.04 Å². The molecule has 1 aromatic rings. The maximum Gasteiger partial charge on any atom is 0.108 e. The Bertz CT molecular complexity index is 266. The van der Waals surface area contributed by atoms with E-state index in [-0.39, 0.29) is 6.61 Å². The van der Waals surface area contributed by atoms with Crippen LogP contribution in [0.25, 0.3) is 0 Å². The van der Waals surface area contributed by atoms with E-state index < -0.39 is 0 Å². The summed E-state index contributed by atoms with van der Waals surface area (Å²) in [6.07, 6.45) is 3.71. The Labute approximate surface area is 70.2 Å². The van der Waals surface area contributed by atoms with E-state index in [1.54, 1.807) is 10.9 Å². The molecule has 5 heteroatoms. The quantitative estimate of drug-likeness (QED) is 0.620. The second-order valence-corrected chi connectivity index (χ2v) is 3.23. The van der Waals surface area contributed by atoms with Crippen molar-refractivity contribution in [2.45, 2.75) is 31.5 Å². The Morgan fingerprint density at radius 2 is 2.42 bits per heavy atom. The third-order valence-electron chi connectivity index (χ3n) is 2.24. The van der Waals surface area contributed by atoms with Gasteiger partial charge in [-0.25, -0.2) is 4.68 Å². The number of aromatic nitrogens is 3. The van der Waals surface area contributed by atoms with Crippen molar-refractivity contribution >= 4 is 0 Å². The standard InChI is InChI=1S/C7H12N4O/c8-5-1-7(2-5)11-3-6(4-12)9-10-11/h3,5,7,12H,1-2,4,8H2/t5-,7-. The molecule has 0 unspecified atom stereocenters. The average molecular weight is 168 g/mol. The Morgan fingerprint density at radius 1 is 1.67 bits per heavy atom. The van der Waals surface area contributed by atoms with Gasteiger partial charge in [-0.15, -0.1) is 5.10 Å². The van der Waals surface area contributed by atoms with Gasteiger partial charge in [0.05, 0.1) is 18.8 Å². The molecule has 0 amide bonds. The SMILES string of the molecule is N[C@H]1C[C@H](n2cc(CO)nn2)C1. The van der Waals surface area contributed by atoms with Gasteiger partial charge in [-0.1, -0.05) is 5.21 Å². The summed E-state index contributed by atoms with van der Waals surface area (Å²) in [5.74, 6) is 0. The molecule has 0 saturated heterocycles. The Morgan fingerprint density at radius 3 is 2.92 bits per heavy atom. The van der Waals surface area contributed by atoms with Crippen molar-refractivity contribution in [2.75, 3.05) is 0 Å². The number of hydrogen-bond acceptors (Lipinski definition) is 4. The summed E-state index contributed by atoms with van der Waals surface area (Å²) in [6.45, 7) is -0.0429. The third-order valence-corrected chi connectivity index (χ3v) is 2.24. The largest absolute Gasteiger partial charge is 0.390 e. The first-order valence-electron chi connectivity index (χ1n) is 4.06. The molecule has 1 saturated carbocycles. The number of nitrogens with two attached hydrogens (primary N) is 1. The summed E-state index contributed by atoms with van der Waals surface area (Å²) in [6, 6.07) is 0.713. The fraction of sp³-hybridized carbons (Fsp3) is 0.714. The number of hydrogen-bond donors (Lipinski definition) is 2. The van der Waals surface area contributed by atoms with Crippen molar-refractivity contribution in [3.8, 4) is 0 Å². The smallest absolute Gasteiger partial charge is 0.108 e. The summed E-state index contributed by atoms with van der Waals surface area (Å²) < 4.78 is 1.79. The number of aliphatic hydroxyl groups excluding tert-OH is 1. The highest BCUT2D eigenvalue weighted by Gasteiger charge is 2.28. The minimum Gasteiger partial charge on any atom is -0.390 e. The van der Waals surface area contributed by atoms with Gasteiger partial charge in [0.2, 0.25) is 0 Å². The minimum absolute atomic E-state index is 0.0429. The first kappa shape index (κ1) is 7.70. The second kappa shape index (κ2) is 2.84. The van der Waals surface area contributed by atoms with E-state index in [0.717, 1.165) is 12.8 Å². The van der Waals surface area contributed by atoms with Crippen LogP contribution in [0.15, 0.2) is 6.20 Å². The van der Waals surface area contributed by atoms with Crippen LogP contribution in [0.1, 0.15) is 24.6 Å². The minimum atomic E-state index is -0.0429. The van der Waals surface area contributed by atoms with Crippen molar-refractivity contribution < 1.29 is 5.11 Å². The van der Waals surface area contributed by atoms with Gasteiger partial charge in [-0.2, -0.15) is 0 Å². The van der Waals surface area contributed by atoms with Crippen molar-refractivity contribution in [2.24, 2.45) is 5.73 Å². The third kappa shape index (κ3) is 1.21. The second-order valence-electron chi connectivity index (χ2n) is 3.23. The van der Waals surface area contributed by atoms with Crippen molar-refractivity contribution in [1.82, 2.24) is 15.0 Å². The lowest BCUT2D eigenvalue weighted by molar-refractivity contribution is 0.243. The molecule has 3 N–H and O–H groups in total. The van der Waals surface area contributed by atoms with E-state index in [4.69, 9.17) is 10.8 Å². The summed E-state index contributed by atoms with van der Waals surface area (Å²) in [5, 5.41) is 16.4. The molecular formula is C7H12N4O. The van der Waals surface area contributed by atoms with Crippen LogP contribution in [-0.2, 0) is 6.61 Å². The van der Waals surface area contributed by atoms with Crippen LogP contribution in [0, 0.1) is 0 Å². The topological polar surface area (TPSA) is 77.0 Å². The lowest BCUT2D eigenvalue weighted by atomic mass is 9.88. The van der Waals surface area contributed by atoms with Gasteiger partial charge in [0.25, 0.3) is 0 Å². The predicted molar refractivity (Wildman–Crippen MR) is 42.2 cm³/mol. The molecule has 0 spiro atoms. The summed E-state index contributed by atoms with van der Waals surface area (Å²) in [7, 11) is 0. The number of rotatable bonds is 2. The molecule has 0 atom stereocenters. The van der Waals surface area contributed by atoms with E-state index in [1.807, 2.05) is 0 Å². The predicted octanol–water partition coefficient (Wildman–Crippen LogP) is -0.567. The van der Waals surface area contributed by atoms with Crippen molar-refractivity contribution in [3.05, 3.63) is 11.9 Å². The van der Waals surface area contributed by atoms with Crippen molar-refractivity contribution in [1.29, 1.82) is 0 Å². The Hall–Kier alpha value is -0.940. The normalized spacial score (nSPS) is 28.5. The molecule has 0 radical (unpaired) electrons. The maximum absolute atomic E-state index is 8.73. The van der Waals surface area contributed by atoms with Gasteiger partial charge in [-0.05, 0) is 12.8 Å². The van der Waals surface area contributed by atoms with Crippen LogP contribution in [0.2, 0.25) is 0 Å². The molecule has 0 aromatic carbocycles. The monoisotopic (exact) mass is 168 g/mol. The molecule has 1 aromatic heterocycles. The number of nitrogens with zero attached hydrogens (tertiary/aromatic N) is 3. The first-order chi connectivity index (χ1) is 5.79. The summed E-state index contributed by atoms with van der Waals surface area (Å²) in [4.78, 5) is 0. The Kier molecular flexibility index (Phi) is 1.82. The van der Waals surface area contributed by atoms with E-state index in [1.165, 1.54) is 0 Å². The zero-order chi connectivity index (χ0) is 8.55. The van der Waals surface area contributed by atoms with Crippen LogP contribution < -0.4 is 5.73 Å². The molecule has 0 aliphatic heterocycles. The average Bonchev–Trinajstić information content (AvgIpc) is 2.46. The van der Waals surface area contributed by atoms with Gasteiger partial charge in [0.15, 0.2) is 0 Å². The lowest BCUT2D eigenvalue weighted by Gasteiger charge is -2.31. The zero-order valence-corrected chi connectivity index (χ0v) is 6.72. The molecule has 66 valence electrons. The highest BCUT2D eigenvalue weighted by Crippen LogP contribution is 2.29. The molecule has 1 aliphatic rings. The molecule has 5 nitrogen and oxygen atoms in total. The molecule has 1 aliphatic carbocycles. The van der Waals surface area contributed by atoms with Crippen LogP contribution in [0.4, 0.5) is 0 Å². The molecule has 2 rings (SSSR count). The van der Waals surface area contributed by atoms with Crippen molar-refractivity contribution in [3.63, 3.8) is 0 Å². The van der Waals surface area contributed by atoms with E-state index in [0.29, 0.717) is 17.8 Å². The van der Waals surface area contributed by atoms with Crippen LogP contribution in [0.3, 0.4) is 0 Å².